The van der Waals surface area contributed by atoms with Crippen molar-refractivity contribution in [2.45, 2.75) is 32.4 Å². The van der Waals surface area contributed by atoms with Gasteiger partial charge in [-0.3, -0.25) is 14.0 Å². The van der Waals surface area contributed by atoms with Crippen LogP contribution in [0.4, 0.5) is 0 Å². The highest BCUT2D eigenvalue weighted by molar-refractivity contribution is 5.94. The van der Waals surface area contributed by atoms with Crippen LogP contribution < -0.4 is 0 Å². The maximum Gasteiger partial charge on any atom is 0.254 e. The van der Waals surface area contributed by atoms with Crippen LogP contribution >= 0.6 is 0 Å². The van der Waals surface area contributed by atoms with Crippen molar-refractivity contribution in [2.75, 3.05) is 6.54 Å². The summed E-state index contributed by atoms with van der Waals surface area (Å²) in [6.07, 6.45) is 9.27. The molecule has 1 fully saturated rings. The summed E-state index contributed by atoms with van der Waals surface area (Å²) in [5.41, 5.74) is 2.74. The van der Waals surface area contributed by atoms with Gasteiger partial charge in [-0.2, -0.15) is 5.10 Å². The SMILES string of the molecule is Cc1nccn1-c1cccc([C@H]2CCCN2C(=O)c2ccc(Cn3cccn3)cc2)n1. The Morgan fingerprint density at radius 1 is 1.06 bits per heavy atom. The second-order valence-electron chi connectivity index (χ2n) is 7.82. The predicted molar refractivity (Wildman–Crippen MR) is 117 cm³/mol. The normalized spacial score (nSPS) is 16.0. The Morgan fingerprint density at radius 2 is 1.94 bits per heavy atom. The van der Waals surface area contributed by atoms with E-state index in [9.17, 15) is 4.79 Å². The fraction of sp³-hybridized carbons (Fsp3) is 0.250. The number of carbonyl (C=O) groups excluding carboxylic acids is 1. The van der Waals surface area contributed by atoms with E-state index in [-0.39, 0.29) is 11.9 Å². The zero-order chi connectivity index (χ0) is 21.2. The molecular formula is C24H24N6O. The van der Waals surface area contributed by atoms with Crippen LogP contribution in [0, 0.1) is 6.92 Å². The molecule has 0 radical (unpaired) electrons. The number of hydrogen-bond acceptors (Lipinski definition) is 4. The second-order valence-corrected chi connectivity index (χ2v) is 7.82. The molecule has 1 aromatic carbocycles. The molecule has 0 bridgehead atoms. The first-order valence-electron chi connectivity index (χ1n) is 10.5. The largest absolute Gasteiger partial charge is 0.330 e. The first kappa shape index (κ1) is 19.2. The van der Waals surface area contributed by atoms with Crippen molar-refractivity contribution in [2.24, 2.45) is 0 Å². The molecule has 1 aliphatic rings. The van der Waals surface area contributed by atoms with Gasteiger partial charge in [-0.15, -0.1) is 0 Å². The van der Waals surface area contributed by atoms with Crippen LogP contribution in [0.2, 0.25) is 0 Å². The molecule has 3 aromatic heterocycles. The van der Waals surface area contributed by atoms with E-state index < -0.39 is 0 Å². The lowest BCUT2D eigenvalue weighted by atomic mass is 10.1. The van der Waals surface area contributed by atoms with Crippen LogP contribution in [0.5, 0.6) is 0 Å². The molecule has 4 heterocycles. The van der Waals surface area contributed by atoms with E-state index in [0.29, 0.717) is 12.1 Å². The molecule has 0 unspecified atom stereocenters. The molecule has 1 atom stereocenters. The van der Waals surface area contributed by atoms with E-state index >= 15 is 0 Å². The van der Waals surface area contributed by atoms with Crippen molar-refractivity contribution < 1.29 is 4.79 Å². The predicted octanol–water partition coefficient (Wildman–Crippen LogP) is 3.80. The molecule has 0 N–H and O–H groups in total. The van der Waals surface area contributed by atoms with Crippen molar-refractivity contribution in [1.29, 1.82) is 0 Å². The summed E-state index contributed by atoms with van der Waals surface area (Å²) in [6.45, 7) is 3.39. The van der Waals surface area contributed by atoms with Crippen LogP contribution in [0.3, 0.4) is 0 Å². The molecule has 0 aliphatic carbocycles. The van der Waals surface area contributed by atoms with Gasteiger partial charge < -0.3 is 4.90 Å². The summed E-state index contributed by atoms with van der Waals surface area (Å²) in [5.74, 6) is 1.77. The van der Waals surface area contributed by atoms with Gasteiger partial charge >= 0.3 is 0 Å². The number of amides is 1. The Balaban J connectivity index is 1.35. The molecule has 0 saturated carbocycles. The summed E-state index contributed by atoms with van der Waals surface area (Å²) < 4.78 is 3.83. The Kier molecular flexibility index (Phi) is 5.08. The highest BCUT2D eigenvalue weighted by Gasteiger charge is 2.31. The van der Waals surface area contributed by atoms with Crippen molar-refractivity contribution in [3.05, 3.63) is 96.0 Å². The highest BCUT2D eigenvalue weighted by atomic mass is 16.2. The van der Waals surface area contributed by atoms with Gasteiger partial charge in [0.15, 0.2) is 0 Å². The smallest absolute Gasteiger partial charge is 0.254 e. The molecular weight excluding hydrogens is 388 g/mol. The first-order chi connectivity index (χ1) is 15.2. The fourth-order valence-corrected chi connectivity index (χ4v) is 4.20. The first-order valence-corrected chi connectivity index (χ1v) is 10.5. The number of pyridine rings is 1. The Hall–Kier alpha value is -3.74. The molecule has 7 heteroatoms. The van der Waals surface area contributed by atoms with Gasteiger partial charge in [-0.05, 0) is 55.7 Å². The standard InChI is InChI=1S/C24H24N6O/c1-18-25-13-16-29(18)23-7-2-5-21(27-23)22-6-3-15-30(22)24(31)20-10-8-19(9-11-20)17-28-14-4-12-26-28/h2,4-5,7-14,16,22H,3,6,15,17H2,1H3/t22-/m1/s1. The van der Waals surface area contributed by atoms with Crippen molar-refractivity contribution >= 4 is 5.91 Å². The molecule has 1 saturated heterocycles. The number of carbonyl (C=O) groups is 1. The minimum Gasteiger partial charge on any atom is -0.330 e. The second kappa shape index (κ2) is 8.18. The van der Waals surface area contributed by atoms with Gasteiger partial charge in [0.1, 0.15) is 11.6 Å². The van der Waals surface area contributed by atoms with Crippen LogP contribution in [0.1, 0.15) is 46.3 Å². The van der Waals surface area contributed by atoms with Crippen molar-refractivity contribution in [3.8, 4) is 5.82 Å². The zero-order valence-corrected chi connectivity index (χ0v) is 17.4. The average Bonchev–Trinajstić information content (AvgIpc) is 3.56. The lowest BCUT2D eigenvalue weighted by molar-refractivity contribution is 0.0733. The van der Waals surface area contributed by atoms with E-state index in [1.54, 1.807) is 12.4 Å². The summed E-state index contributed by atoms with van der Waals surface area (Å²) >= 11 is 0. The van der Waals surface area contributed by atoms with E-state index in [4.69, 9.17) is 4.98 Å². The number of benzene rings is 1. The van der Waals surface area contributed by atoms with E-state index in [1.165, 1.54) is 0 Å². The number of aryl methyl sites for hydroxylation is 1. The van der Waals surface area contributed by atoms with Gasteiger partial charge in [-0.25, -0.2) is 9.97 Å². The molecule has 0 spiro atoms. The van der Waals surface area contributed by atoms with Crippen molar-refractivity contribution in [1.82, 2.24) is 29.2 Å². The fourth-order valence-electron chi connectivity index (χ4n) is 4.20. The monoisotopic (exact) mass is 412 g/mol. The number of rotatable bonds is 5. The Bertz CT molecular complexity index is 1180. The lowest BCUT2D eigenvalue weighted by Gasteiger charge is -2.25. The van der Waals surface area contributed by atoms with Gasteiger partial charge in [0.2, 0.25) is 0 Å². The maximum absolute atomic E-state index is 13.3. The van der Waals surface area contributed by atoms with Gasteiger partial charge in [-0.1, -0.05) is 18.2 Å². The van der Waals surface area contributed by atoms with Crippen LogP contribution in [-0.2, 0) is 6.54 Å². The minimum atomic E-state index is -0.0139. The summed E-state index contributed by atoms with van der Waals surface area (Å²) in [7, 11) is 0. The summed E-state index contributed by atoms with van der Waals surface area (Å²) in [4.78, 5) is 24.4. The Labute approximate surface area is 181 Å². The van der Waals surface area contributed by atoms with Crippen LogP contribution in [-0.4, -0.2) is 41.7 Å². The third-order valence-electron chi connectivity index (χ3n) is 5.79. The summed E-state index contributed by atoms with van der Waals surface area (Å²) in [5, 5.41) is 4.24. The average molecular weight is 412 g/mol. The molecule has 31 heavy (non-hydrogen) atoms. The maximum atomic E-state index is 13.3. The lowest BCUT2D eigenvalue weighted by Crippen LogP contribution is -2.31. The van der Waals surface area contributed by atoms with Crippen LogP contribution in [0.15, 0.2) is 73.3 Å². The summed E-state index contributed by atoms with van der Waals surface area (Å²) in [6, 6.07) is 15.7. The third-order valence-corrected chi connectivity index (χ3v) is 5.79. The minimum absolute atomic E-state index is 0.0139. The molecule has 1 aliphatic heterocycles. The van der Waals surface area contributed by atoms with Crippen LogP contribution in [0.25, 0.3) is 5.82 Å². The number of imidazole rings is 1. The van der Waals surface area contributed by atoms with E-state index in [0.717, 1.165) is 42.3 Å². The topological polar surface area (TPSA) is 68.8 Å². The van der Waals surface area contributed by atoms with E-state index in [2.05, 4.69) is 10.1 Å². The molecule has 156 valence electrons. The zero-order valence-electron chi connectivity index (χ0n) is 17.4. The molecule has 7 nitrogen and oxygen atoms in total. The quantitative estimate of drug-likeness (QED) is 0.500. The van der Waals surface area contributed by atoms with E-state index in [1.807, 2.05) is 82.0 Å². The number of nitrogens with zero attached hydrogens (tertiary/aromatic N) is 6. The van der Waals surface area contributed by atoms with Gasteiger partial charge in [0, 0.05) is 36.9 Å². The number of aromatic nitrogens is 5. The molecule has 5 rings (SSSR count). The van der Waals surface area contributed by atoms with Crippen molar-refractivity contribution in [3.63, 3.8) is 0 Å². The number of hydrogen-bond donors (Lipinski definition) is 0. The molecule has 1 amide bonds. The van der Waals surface area contributed by atoms with Gasteiger partial charge in [0.25, 0.3) is 5.91 Å². The van der Waals surface area contributed by atoms with Gasteiger partial charge in [0.05, 0.1) is 18.3 Å². The third kappa shape index (κ3) is 3.86. The highest BCUT2D eigenvalue weighted by Crippen LogP contribution is 2.32. The number of likely N-dealkylation sites (tertiary alicyclic amines) is 1. The Morgan fingerprint density at radius 3 is 2.68 bits per heavy atom. The molecule has 4 aromatic rings.